The van der Waals surface area contributed by atoms with Crippen molar-refractivity contribution in [2.24, 2.45) is 0 Å². The third-order valence-electron chi connectivity index (χ3n) is 4.63. The Balaban J connectivity index is 1.69. The number of thiophene rings is 1. The Kier molecular flexibility index (Phi) is 3.54. The highest BCUT2D eigenvalue weighted by Crippen LogP contribution is 2.34. The summed E-state index contributed by atoms with van der Waals surface area (Å²) in [5.74, 6) is 0. The van der Waals surface area contributed by atoms with Gasteiger partial charge in [-0.1, -0.05) is 66.7 Å². The van der Waals surface area contributed by atoms with Crippen molar-refractivity contribution < 1.29 is 0 Å². The van der Waals surface area contributed by atoms with Gasteiger partial charge in [-0.05, 0) is 30.2 Å². The van der Waals surface area contributed by atoms with Crippen molar-refractivity contribution in [3.8, 4) is 22.4 Å². The van der Waals surface area contributed by atoms with Crippen LogP contribution >= 0.6 is 11.3 Å². The van der Waals surface area contributed by atoms with Crippen LogP contribution in [0.1, 0.15) is 5.69 Å². The molecular formula is C23H16N2S. The van der Waals surface area contributed by atoms with E-state index in [1.54, 1.807) is 11.3 Å². The molecule has 0 fully saturated rings. The van der Waals surface area contributed by atoms with Crippen molar-refractivity contribution >= 4 is 31.8 Å². The van der Waals surface area contributed by atoms with E-state index in [0.717, 1.165) is 27.3 Å². The van der Waals surface area contributed by atoms with Crippen molar-refractivity contribution in [3.63, 3.8) is 0 Å². The van der Waals surface area contributed by atoms with E-state index in [1.807, 2.05) is 13.0 Å². The Hall–Kier alpha value is -3.04. The topological polar surface area (TPSA) is 25.8 Å². The first-order valence-electron chi connectivity index (χ1n) is 8.61. The van der Waals surface area contributed by atoms with Gasteiger partial charge >= 0.3 is 0 Å². The van der Waals surface area contributed by atoms with Gasteiger partial charge in [-0.25, -0.2) is 9.97 Å². The lowest BCUT2D eigenvalue weighted by Gasteiger charge is -2.08. The molecule has 0 amide bonds. The zero-order valence-electron chi connectivity index (χ0n) is 14.3. The minimum atomic E-state index is 0.960. The fraction of sp³-hybridized carbons (Fsp3) is 0.0435. The molecule has 0 N–H and O–H groups in total. The number of aryl methyl sites for hydroxylation is 1. The maximum atomic E-state index is 4.97. The zero-order chi connectivity index (χ0) is 17.5. The number of nitrogens with zero attached hydrogens (tertiary/aromatic N) is 2. The van der Waals surface area contributed by atoms with Crippen molar-refractivity contribution in [2.45, 2.75) is 6.92 Å². The number of aromatic nitrogens is 2. The Morgan fingerprint density at radius 1 is 0.692 bits per heavy atom. The molecule has 0 bridgehead atoms. The van der Waals surface area contributed by atoms with Crippen LogP contribution in [0.4, 0.5) is 0 Å². The summed E-state index contributed by atoms with van der Waals surface area (Å²) in [4.78, 5) is 10.9. The van der Waals surface area contributed by atoms with Crippen LogP contribution in [0.2, 0.25) is 0 Å². The maximum absolute atomic E-state index is 4.97. The van der Waals surface area contributed by atoms with Gasteiger partial charge in [0.05, 0.1) is 11.4 Å². The summed E-state index contributed by atoms with van der Waals surface area (Å²) in [6.07, 6.45) is 0. The molecule has 2 heterocycles. The summed E-state index contributed by atoms with van der Waals surface area (Å²) < 4.78 is 1.23. The van der Waals surface area contributed by atoms with E-state index in [2.05, 4.69) is 72.8 Å². The molecule has 0 saturated carbocycles. The van der Waals surface area contributed by atoms with E-state index < -0.39 is 0 Å². The predicted octanol–water partition coefficient (Wildman–Crippen LogP) is 6.49. The molecule has 0 atom stereocenters. The molecule has 2 aromatic heterocycles. The second kappa shape index (κ2) is 6.04. The van der Waals surface area contributed by atoms with Crippen LogP contribution in [0.15, 0.2) is 78.9 Å². The average Bonchev–Trinajstić information content (AvgIpc) is 3.06. The first kappa shape index (κ1) is 15.2. The van der Waals surface area contributed by atoms with E-state index in [-0.39, 0.29) is 0 Å². The first-order chi connectivity index (χ1) is 12.8. The molecule has 124 valence electrons. The fourth-order valence-electron chi connectivity index (χ4n) is 3.36. The number of hydrogen-bond acceptors (Lipinski definition) is 3. The fourth-order valence-corrected chi connectivity index (χ4v) is 4.37. The molecule has 0 spiro atoms. The predicted molar refractivity (Wildman–Crippen MR) is 111 cm³/mol. The van der Waals surface area contributed by atoms with Crippen LogP contribution in [0.3, 0.4) is 0 Å². The quantitative estimate of drug-likeness (QED) is 0.363. The molecule has 0 saturated heterocycles. The highest BCUT2D eigenvalue weighted by Gasteiger charge is 2.13. The Labute approximate surface area is 155 Å². The Bertz CT molecular complexity index is 1240. The molecule has 0 aliphatic rings. The molecule has 2 nitrogen and oxygen atoms in total. The summed E-state index contributed by atoms with van der Waals surface area (Å²) in [5, 5.41) is 1.19. The van der Waals surface area contributed by atoms with Crippen LogP contribution in [0.25, 0.3) is 42.8 Å². The maximum Gasteiger partial charge on any atom is 0.143 e. The summed E-state index contributed by atoms with van der Waals surface area (Å²) >= 11 is 1.71. The van der Waals surface area contributed by atoms with Crippen LogP contribution in [0, 0.1) is 6.92 Å². The van der Waals surface area contributed by atoms with Gasteiger partial charge in [0.1, 0.15) is 10.3 Å². The van der Waals surface area contributed by atoms with Crippen molar-refractivity contribution in [1.29, 1.82) is 0 Å². The number of hydrogen-bond donors (Lipinski definition) is 0. The Morgan fingerprint density at radius 3 is 2.31 bits per heavy atom. The van der Waals surface area contributed by atoms with Gasteiger partial charge in [0.25, 0.3) is 0 Å². The molecule has 5 rings (SSSR count). The standard InChI is InChI=1S/C23H16N2S/c1-15-21(18-11-7-10-17(14-18)16-8-3-2-4-9-16)25-23-22(24-15)19-12-5-6-13-20(19)26-23/h2-14H,1H3. The van der Waals surface area contributed by atoms with Crippen molar-refractivity contribution in [2.75, 3.05) is 0 Å². The molecule has 0 aliphatic carbocycles. The first-order valence-corrected chi connectivity index (χ1v) is 9.43. The largest absolute Gasteiger partial charge is 0.248 e. The van der Waals surface area contributed by atoms with Gasteiger partial charge in [-0.15, -0.1) is 11.3 Å². The highest BCUT2D eigenvalue weighted by atomic mass is 32.1. The lowest BCUT2D eigenvalue weighted by atomic mass is 10.0. The normalized spacial score (nSPS) is 11.3. The van der Waals surface area contributed by atoms with Crippen molar-refractivity contribution in [3.05, 3.63) is 84.6 Å². The summed E-state index contributed by atoms with van der Waals surface area (Å²) in [6.45, 7) is 2.05. The van der Waals surface area contributed by atoms with Gasteiger partial charge < -0.3 is 0 Å². The molecular weight excluding hydrogens is 336 g/mol. The second-order valence-electron chi connectivity index (χ2n) is 6.36. The number of rotatable bonds is 2. The van der Waals surface area contributed by atoms with E-state index in [4.69, 9.17) is 9.97 Å². The zero-order valence-corrected chi connectivity index (χ0v) is 15.1. The third-order valence-corrected chi connectivity index (χ3v) is 5.68. The van der Waals surface area contributed by atoms with E-state index in [1.165, 1.54) is 21.2 Å². The smallest absolute Gasteiger partial charge is 0.143 e. The minimum Gasteiger partial charge on any atom is -0.248 e. The molecule has 0 aliphatic heterocycles. The molecule has 3 heteroatoms. The SMILES string of the molecule is Cc1nc2c(nc1-c1cccc(-c3ccccc3)c1)sc1ccccc12. The molecule has 0 radical (unpaired) electrons. The van der Waals surface area contributed by atoms with Gasteiger partial charge in [0, 0.05) is 15.6 Å². The monoisotopic (exact) mass is 352 g/mol. The Morgan fingerprint density at radius 2 is 1.42 bits per heavy atom. The lowest BCUT2D eigenvalue weighted by Crippen LogP contribution is -1.93. The van der Waals surface area contributed by atoms with Crippen molar-refractivity contribution in [1.82, 2.24) is 9.97 Å². The van der Waals surface area contributed by atoms with Crippen LogP contribution in [0.5, 0.6) is 0 Å². The van der Waals surface area contributed by atoms with Crippen LogP contribution < -0.4 is 0 Å². The van der Waals surface area contributed by atoms with Crippen LogP contribution in [-0.4, -0.2) is 9.97 Å². The molecule has 3 aromatic carbocycles. The summed E-state index contributed by atoms with van der Waals surface area (Å²) in [5.41, 5.74) is 6.44. The lowest BCUT2D eigenvalue weighted by molar-refractivity contribution is 1.20. The molecule has 5 aromatic rings. The van der Waals surface area contributed by atoms with Gasteiger partial charge in [-0.2, -0.15) is 0 Å². The number of fused-ring (bicyclic) bond motifs is 3. The van der Waals surface area contributed by atoms with Crippen LogP contribution in [-0.2, 0) is 0 Å². The van der Waals surface area contributed by atoms with E-state index in [0.29, 0.717) is 0 Å². The second-order valence-corrected chi connectivity index (χ2v) is 7.39. The van der Waals surface area contributed by atoms with Gasteiger partial charge in [-0.3, -0.25) is 0 Å². The van der Waals surface area contributed by atoms with Gasteiger partial charge in [0.2, 0.25) is 0 Å². The van der Waals surface area contributed by atoms with E-state index in [9.17, 15) is 0 Å². The molecule has 0 unspecified atom stereocenters. The molecule has 26 heavy (non-hydrogen) atoms. The summed E-state index contributed by atoms with van der Waals surface area (Å²) in [6, 6.07) is 27.4. The van der Waals surface area contributed by atoms with Gasteiger partial charge in [0.15, 0.2) is 0 Å². The van der Waals surface area contributed by atoms with E-state index >= 15 is 0 Å². The summed E-state index contributed by atoms with van der Waals surface area (Å²) in [7, 11) is 0. The highest BCUT2D eigenvalue weighted by molar-refractivity contribution is 7.25. The third kappa shape index (κ3) is 2.49. The number of benzene rings is 3. The average molecular weight is 352 g/mol. The minimum absolute atomic E-state index is 0.960.